The van der Waals surface area contributed by atoms with Crippen molar-refractivity contribution in [2.75, 3.05) is 0 Å². The molecule has 0 N–H and O–H groups in total. The molecule has 4 heteroatoms. The predicted molar refractivity (Wildman–Crippen MR) is 51.3 cm³/mol. The van der Waals surface area contributed by atoms with Crippen molar-refractivity contribution in [3.63, 3.8) is 0 Å². The molecule has 0 saturated heterocycles. The van der Waals surface area contributed by atoms with Crippen LogP contribution in [0, 0.1) is 6.92 Å². The largest absolute Gasteiger partial charge is 0.419 e. The number of aldehydes is 1. The lowest BCUT2D eigenvalue weighted by atomic mass is 10.1. The van der Waals surface area contributed by atoms with Crippen LogP contribution < -0.4 is 0 Å². The standard InChI is InChI=1S/C11H9F3O/c1-8-4-2-3-5-9(8)6-10(7-15)11(12,13)14/h2-7H,1H3/b10-6+. The Hall–Kier alpha value is -1.58. The molecule has 0 heterocycles. The molecule has 0 unspecified atom stereocenters. The number of halogens is 3. The van der Waals surface area contributed by atoms with E-state index in [0.29, 0.717) is 11.1 Å². The highest BCUT2D eigenvalue weighted by Gasteiger charge is 2.33. The Balaban J connectivity index is 3.15. The van der Waals surface area contributed by atoms with Crippen LogP contribution in [0.1, 0.15) is 11.1 Å². The average molecular weight is 214 g/mol. The van der Waals surface area contributed by atoms with Crippen LogP contribution in [-0.4, -0.2) is 12.5 Å². The maximum Gasteiger partial charge on any atom is 0.419 e. The van der Waals surface area contributed by atoms with Gasteiger partial charge < -0.3 is 0 Å². The molecule has 0 aliphatic rings. The van der Waals surface area contributed by atoms with Crippen LogP contribution in [0.2, 0.25) is 0 Å². The number of carbonyl (C=O) groups excluding carboxylic acids is 1. The third-order valence-electron chi connectivity index (χ3n) is 1.95. The summed E-state index contributed by atoms with van der Waals surface area (Å²) in [7, 11) is 0. The number of alkyl halides is 3. The summed E-state index contributed by atoms with van der Waals surface area (Å²) in [5, 5.41) is 0. The van der Waals surface area contributed by atoms with Crippen molar-refractivity contribution in [3.05, 3.63) is 41.0 Å². The van der Waals surface area contributed by atoms with Gasteiger partial charge in [-0.15, -0.1) is 0 Å². The van der Waals surface area contributed by atoms with Gasteiger partial charge in [0.05, 0.1) is 5.57 Å². The van der Waals surface area contributed by atoms with E-state index in [2.05, 4.69) is 0 Å². The summed E-state index contributed by atoms with van der Waals surface area (Å²) in [6, 6.07) is 6.56. The average Bonchev–Trinajstić information content (AvgIpc) is 2.14. The Labute approximate surface area is 85.2 Å². The molecule has 0 bridgehead atoms. The fourth-order valence-corrected chi connectivity index (χ4v) is 1.10. The van der Waals surface area contributed by atoms with Gasteiger partial charge in [-0.05, 0) is 24.1 Å². The van der Waals surface area contributed by atoms with E-state index in [1.165, 1.54) is 6.07 Å². The van der Waals surface area contributed by atoms with Gasteiger partial charge in [-0.3, -0.25) is 4.79 Å². The maximum absolute atomic E-state index is 12.2. The van der Waals surface area contributed by atoms with Gasteiger partial charge in [-0.25, -0.2) is 0 Å². The Bertz CT molecular complexity index is 391. The molecule has 0 radical (unpaired) electrons. The Morgan fingerprint density at radius 2 is 1.87 bits per heavy atom. The van der Waals surface area contributed by atoms with Gasteiger partial charge in [0.15, 0.2) is 6.29 Å². The fraction of sp³-hybridized carbons (Fsp3) is 0.182. The molecule has 1 rings (SSSR count). The number of benzene rings is 1. The summed E-state index contributed by atoms with van der Waals surface area (Å²) in [4.78, 5) is 10.3. The molecule has 1 aromatic carbocycles. The van der Waals surface area contributed by atoms with E-state index in [-0.39, 0.29) is 6.29 Å². The van der Waals surface area contributed by atoms with Gasteiger partial charge in [-0.2, -0.15) is 13.2 Å². The fourth-order valence-electron chi connectivity index (χ4n) is 1.10. The SMILES string of the molecule is Cc1ccccc1/C=C(\C=O)C(F)(F)F. The van der Waals surface area contributed by atoms with E-state index in [9.17, 15) is 18.0 Å². The van der Waals surface area contributed by atoms with E-state index in [1.807, 2.05) is 0 Å². The first-order valence-corrected chi connectivity index (χ1v) is 4.25. The summed E-state index contributed by atoms with van der Waals surface area (Å²) in [6.45, 7) is 1.69. The van der Waals surface area contributed by atoms with Crippen LogP contribution in [0.4, 0.5) is 13.2 Å². The minimum Gasteiger partial charge on any atom is -0.298 e. The second-order valence-electron chi connectivity index (χ2n) is 3.07. The first-order valence-electron chi connectivity index (χ1n) is 4.25. The van der Waals surface area contributed by atoms with Gasteiger partial charge in [-0.1, -0.05) is 24.3 Å². The highest BCUT2D eigenvalue weighted by atomic mass is 19.4. The smallest absolute Gasteiger partial charge is 0.298 e. The molecule has 0 aliphatic carbocycles. The first kappa shape index (κ1) is 11.5. The van der Waals surface area contributed by atoms with Crippen LogP contribution in [0.15, 0.2) is 29.8 Å². The highest BCUT2D eigenvalue weighted by molar-refractivity contribution is 5.83. The molecule has 80 valence electrons. The molecule has 0 aliphatic heterocycles. The van der Waals surface area contributed by atoms with E-state index in [1.54, 1.807) is 25.1 Å². The number of hydrogen-bond donors (Lipinski definition) is 0. The third-order valence-corrected chi connectivity index (χ3v) is 1.95. The van der Waals surface area contributed by atoms with Gasteiger partial charge in [0, 0.05) is 0 Å². The van der Waals surface area contributed by atoms with Gasteiger partial charge >= 0.3 is 6.18 Å². The predicted octanol–water partition coefficient (Wildman–Crippen LogP) is 3.14. The zero-order valence-electron chi connectivity index (χ0n) is 8.01. The monoisotopic (exact) mass is 214 g/mol. The minimum absolute atomic E-state index is 0.174. The summed E-state index contributed by atoms with van der Waals surface area (Å²) >= 11 is 0. The second-order valence-corrected chi connectivity index (χ2v) is 3.07. The van der Waals surface area contributed by atoms with Crippen molar-refractivity contribution < 1.29 is 18.0 Å². The third kappa shape index (κ3) is 2.94. The van der Waals surface area contributed by atoms with Crippen molar-refractivity contribution in [1.82, 2.24) is 0 Å². The van der Waals surface area contributed by atoms with Crippen LogP contribution in [-0.2, 0) is 4.79 Å². The van der Waals surface area contributed by atoms with Gasteiger partial charge in [0.2, 0.25) is 0 Å². The molecule has 1 aromatic rings. The van der Waals surface area contributed by atoms with Crippen molar-refractivity contribution >= 4 is 12.4 Å². The molecule has 0 fully saturated rings. The molecule has 15 heavy (non-hydrogen) atoms. The van der Waals surface area contributed by atoms with Crippen LogP contribution in [0.3, 0.4) is 0 Å². The zero-order chi connectivity index (χ0) is 11.5. The normalized spacial score (nSPS) is 12.7. The van der Waals surface area contributed by atoms with Crippen molar-refractivity contribution in [2.45, 2.75) is 13.1 Å². The number of carbonyl (C=O) groups is 1. The highest BCUT2D eigenvalue weighted by Crippen LogP contribution is 2.26. The summed E-state index contributed by atoms with van der Waals surface area (Å²) < 4.78 is 36.7. The van der Waals surface area contributed by atoms with E-state index in [0.717, 1.165) is 6.08 Å². The van der Waals surface area contributed by atoms with E-state index in [4.69, 9.17) is 0 Å². The van der Waals surface area contributed by atoms with Crippen LogP contribution >= 0.6 is 0 Å². The van der Waals surface area contributed by atoms with Gasteiger partial charge in [0.25, 0.3) is 0 Å². The van der Waals surface area contributed by atoms with Crippen molar-refractivity contribution in [3.8, 4) is 0 Å². The quantitative estimate of drug-likeness (QED) is 0.546. The molecular formula is C11H9F3O. The Morgan fingerprint density at radius 1 is 1.27 bits per heavy atom. The number of hydrogen-bond acceptors (Lipinski definition) is 1. The summed E-state index contributed by atoms with van der Waals surface area (Å²) in [6.07, 6.45) is -3.92. The molecular weight excluding hydrogens is 205 g/mol. The molecule has 0 saturated carbocycles. The van der Waals surface area contributed by atoms with Gasteiger partial charge in [0.1, 0.15) is 0 Å². The first-order chi connectivity index (χ1) is 6.95. The lowest BCUT2D eigenvalue weighted by molar-refractivity contribution is -0.118. The Morgan fingerprint density at radius 3 is 2.33 bits per heavy atom. The van der Waals surface area contributed by atoms with Crippen LogP contribution in [0.25, 0.3) is 6.08 Å². The molecule has 1 nitrogen and oxygen atoms in total. The molecule has 0 spiro atoms. The van der Waals surface area contributed by atoms with Crippen molar-refractivity contribution in [2.24, 2.45) is 0 Å². The van der Waals surface area contributed by atoms with E-state index < -0.39 is 11.7 Å². The summed E-state index contributed by atoms with van der Waals surface area (Å²) in [5.74, 6) is 0. The number of rotatable bonds is 2. The molecule has 0 aromatic heterocycles. The molecule has 0 amide bonds. The van der Waals surface area contributed by atoms with Crippen molar-refractivity contribution in [1.29, 1.82) is 0 Å². The zero-order valence-corrected chi connectivity index (χ0v) is 8.01. The Kier molecular flexibility index (Phi) is 3.29. The van der Waals surface area contributed by atoms with Crippen LogP contribution in [0.5, 0.6) is 0 Å². The topological polar surface area (TPSA) is 17.1 Å². The maximum atomic E-state index is 12.2. The summed E-state index contributed by atoms with van der Waals surface area (Å²) in [5.41, 5.74) is -0.0742. The second kappa shape index (κ2) is 4.29. The number of aryl methyl sites for hydroxylation is 1. The number of allylic oxidation sites excluding steroid dienone is 1. The lowest BCUT2D eigenvalue weighted by Gasteiger charge is -2.06. The minimum atomic E-state index is -4.59. The molecule has 0 atom stereocenters. The lowest BCUT2D eigenvalue weighted by Crippen LogP contribution is -2.12. The van der Waals surface area contributed by atoms with E-state index >= 15 is 0 Å².